The van der Waals surface area contributed by atoms with Gasteiger partial charge < -0.3 is 10.8 Å². The molecule has 0 aromatic heterocycles. The molecule has 0 saturated heterocycles. The fourth-order valence-electron chi connectivity index (χ4n) is 2.94. The lowest BCUT2D eigenvalue weighted by Crippen LogP contribution is -2.55. The lowest BCUT2D eigenvalue weighted by molar-refractivity contribution is -0.145. The van der Waals surface area contributed by atoms with Gasteiger partial charge in [0.2, 0.25) is 0 Å². The van der Waals surface area contributed by atoms with Crippen LogP contribution in [0.5, 0.6) is 0 Å². The Morgan fingerprint density at radius 2 is 2.31 bits per heavy atom. The van der Waals surface area contributed by atoms with Crippen molar-refractivity contribution < 1.29 is 9.90 Å². The van der Waals surface area contributed by atoms with Crippen LogP contribution in [0.4, 0.5) is 0 Å². The van der Waals surface area contributed by atoms with Gasteiger partial charge in [-0.15, -0.1) is 0 Å². The summed E-state index contributed by atoms with van der Waals surface area (Å²) in [4.78, 5) is 11.0. The van der Waals surface area contributed by atoms with Gasteiger partial charge in [-0.25, -0.2) is 0 Å². The molecule has 4 atom stereocenters. The number of fused-ring (bicyclic) bond motifs is 2. The summed E-state index contributed by atoms with van der Waals surface area (Å²) in [6, 6.07) is 0. The van der Waals surface area contributed by atoms with Gasteiger partial charge in [-0.05, 0) is 37.4 Å². The predicted molar refractivity (Wildman–Crippen MR) is 52.7 cm³/mol. The average Bonchev–Trinajstić information content (AvgIpc) is 2.60. The Morgan fingerprint density at radius 3 is 2.77 bits per heavy atom. The molecule has 2 bridgehead atoms. The smallest absolute Gasteiger partial charge is 0.324 e. The molecule has 2 aliphatic rings. The Kier molecular flexibility index (Phi) is 2.07. The SMILES string of the molecule is CS[C@H]1C[C@H]2C[C@@H]1[C@](N)(C(=O)O)C2. The second kappa shape index (κ2) is 2.89. The predicted octanol–water partition coefficient (Wildman–Crippen LogP) is 0.930. The number of carboxylic acids is 1. The summed E-state index contributed by atoms with van der Waals surface area (Å²) >= 11 is 1.77. The van der Waals surface area contributed by atoms with Crippen LogP contribution in [-0.2, 0) is 4.79 Å². The first-order valence-corrected chi connectivity index (χ1v) is 5.92. The van der Waals surface area contributed by atoms with E-state index in [2.05, 4.69) is 0 Å². The molecule has 4 heteroatoms. The highest BCUT2D eigenvalue weighted by atomic mass is 32.2. The zero-order chi connectivity index (χ0) is 9.64. The molecule has 2 aliphatic carbocycles. The molecule has 74 valence electrons. The van der Waals surface area contributed by atoms with Crippen molar-refractivity contribution in [1.82, 2.24) is 0 Å². The van der Waals surface area contributed by atoms with Crippen LogP contribution in [-0.4, -0.2) is 28.1 Å². The molecule has 0 aromatic carbocycles. The van der Waals surface area contributed by atoms with Crippen molar-refractivity contribution in [2.45, 2.75) is 30.1 Å². The molecule has 0 aliphatic heterocycles. The third-order valence-electron chi connectivity index (χ3n) is 3.59. The maximum absolute atomic E-state index is 11.0. The van der Waals surface area contributed by atoms with E-state index >= 15 is 0 Å². The van der Waals surface area contributed by atoms with E-state index in [0.29, 0.717) is 17.6 Å². The van der Waals surface area contributed by atoms with Crippen LogP contribution in [0.15, 0.2) is 0 Å². The lowest BCUT2D eigenvalue weighted by Gasteiger charge is -2.34. The summed E-state index contributed by atoms with van der Waals surface area (Å²) in [6.45, 7) is 0. The third kappa shape index (κ3) is 1.19. The van der Waals surface area contributed by atoms with Gasteiger partial charge in [0.25, 0.3) is 0 Å². The van der Waals surface area contributed by atoms with Gasteiger partial charge in [0.05, 0.1) is 0 Å². The van der Waals surface area contributed by atoms with E-state index in [9.17, 15) is 4.79 Å². The fraction of sp³-hybridized carbons (Fsp3) is 0.889. The van der Waals surface area contributed by atoms with E-state index in [1.807, 2.05) is 6.26 Å². The van der Waals surface area contributed by atoms with E-state index in [1.165, 1.54) is 0 Å². The van der Waals surface area contributed by atoms with Crippen LogP contribution < -0.4 is 5.73 Å². The van der Waals surface area contributed by atoms with Crippen LogP contribution in [0.25, 0.3) is 0 Å². The van der Waals surface area contributed by atoms with Crippen LogP contribution in [0.2, 0.25) is 0 Å². The summed E-state index contributed by atoms with van der Waals surface area (Å²) in [6.07, 6.45) is 4.92. The van der Waals surface area contributed by atoms with Gasteiger partial charge in [0.1, 0.15) is 5.54 Å². The Hall–Kier alpha value is -0.220. The topological polar surface area (TPSA) is 63.3 Å². The van der Waals surface area contributed by atoms with Gasteiger partial charge in [-0.1, -0.05) is 0 Å². The summed E-state index contributed by atoms with van der Waals surface area (Å²) in [5, 5.41) is 9.55. The first-order chi connectivity index (χ1) is 6.08. The molecule has 0 unspecified atom stereocenters. The van der Waals surface area contributed by atoms with Crippen LogP contribution >= 0.6 is 11.8 Å². The van der Waals surface area contributed by atoms with Gasteiger partial charge in [-0.2, -0.15) is 11.8 Å². The largest absolute Gasteiger partial charge is 0.480 e. The monoisotopic (exact) mass is 201 g/mol. The molecule has 13 heavy (non-hydrogen) atoms. The minimum Gasteiger partial charge on any atom is -0.480 e. The van der Waals surface area contributed by atoms with Crippen molar-refractivity contribution in [3.63, 3.8) is 0 Å². The van der Waals surface area contributed by atoms with Crippen molar-refractivity contribution in [1.29, 1.82) is 0 Å². The maximum Gasteiger partial charge on any atom is 0.324 e. The molecule has 2 fully saturated rings. The van der Waals surface area contributed by atoms with E-state index in [-0.39, 0.29) is 5.92 Å². The van der Waals surface area contributed by atoms with Crippen molar-refractivity contribution in [3.8, 4) is 0 Å². The lowest BCUT2D eigenvalue weighted by atomic mass is 9.81. The standard InChI is InChI=1S/C9H15NO2S/c1-13-7-3-5-2-6(7)9(10,4-5)8(11)12/h5-7H,2-4,10H2,1H3,(H,11,12)/t5-,6+,7+,9+/m1/s1. The minimum atomic E-state index is -0.920. The quantitative estimate of drug-likeness (QED) is 0.697. The Balaban J connectivity index is 2.22. The Labute approximate surface area is 82.1 Å². The van der Waals surface area contributed by atoms with Crippen molar-refractivity contribution >= 4 is 17.7 Å². The molecular weight excluding hydrogens is 186 g/mol. The zero-order valence-corrected chi connectivity index (χ0v) is 8.51. The van der Waals surface area contributed by atoms with Gasteiger partial charge in [0, 0.05) is 5.25 Å². The van der Waals surface area contributed by atoms with Crippen LogP contribution in [0.1, 0.15) is 19.3 Å². The van der Waals surface area contributed by atoms with Crippen molar-refractivity contribution in [2.24, 2.45) is 17.6 Å². The van der Waals surface area contributed by atoms with Gasteiger partial charge in [0.15, 0.2) is 0 Å². The summed E-state index contributed by atoms with van der Waals surface area (Å²) in [5.74, 6) is -0.0488. The second-order valence-electron chi connectivity index (χ2n) is 4.27. The van der Waals surface area contributed by atoms with E-state index < -0.39 is 11.5 Å². The molecular formula is C9H15NO2S. The minimum absolute atomic E-state index is 0.199. The van der Waals surface area contributed by atoms with E-state index in [4.69, 9.17) is 10.8 Å². The van der Waals surface area contributed by atoms with Crippen LogP contribution in [0.3, 0.4) is 0 Å². The number of hydrogen-bond acceptors (Lipinski definition) is 3. The molecule has 0 spiro atoms. The van der Waals surface area contributed by atoms with Gasteiger partial charge >= 0.3 is 5.97 Å². The first-order valence-electron chi connectivity index (χ1n) is 4.63. The number of rotatable bonds is 2. The molecule has 3 nitrogen and oxygen atoms in total. The number of nitrogens with two attached hydrogens (primary N) is 1. The number of carbonyl (C=O) groups is 1. The summed E-state index contributed by atoms with van der Waals surface area (Å²) in [7, 11) is 0. The van der Waals surface area contributed by atoms with E-state index in [1.54, 1.807) is 11.8 Å². The molecule has 3 N–H and O–H groups in total. The number of hydrogen-bond donors (Lipinski definition) is 2. The van der Waals surface area contributed by atoms with Crippen molar-refractivity contribution in [2.75, 3.05) is 6.26 Å². The fourth-order valence-corrected chi connectivity index (χ4v) is 4.09. The highest BCUT2D eigenvalue weighted by Gasteiger charge is 2.57. The second-order valence-corrected chi connectivity index (χ2v) is 5.34. The normalized spacial score (nSPS) is 48.3. The maximum atomic E-state index is 11.0. The third-order valence-corrected chi connectivity index (χ3v) is 4.72. The molecule has 0 aromatic rings. The number of thioether (sulfide) groups is 1. The summed E-state index contributed by atoms with van der Waals surface area (Å²) in [5.41, 5.74) is 5.02. The highest BCUT2D eigenvalue weighted by molar-refractivity contribution is 7.99. The summed E-state index contributed by atoms with van der Waals surface area (Å²) < 4.78 is 0. The molecule has 0 radical (unpaired) electrons. The van der Waals surface area contributed by atoms with E-state index in [0.717, 1.165) is 12.8 Å². The molecule has 0 amide bonds. The average molecular weight is 201 g/mol. The van der Waals surface area contributed by atoms with Gasteiger partial charge in [-0.3, -0.25) is 4.79 Å². The number of aliphatic carboxylic acids is 1. The number of carboxylic acid groups (broad SMARTS) is 1. The zero-order valence-electron chi connectivity index (χ0n) is 7.69. The Bertz CT molecular complexity index is 246. The first kappa shape index (κ1) is 9.34. The van der Waals surface area contributed by atoms with Crippen molar-refractivity contribution in [3.05, 3.63) is 0 Å². The van der Waals surface area contributed by atoms with Crippen LogP contribution in [0, 0.1) is 11.8 Å². The molecule has 0 heterocycles. The Morgan fingerprint density at radius 1 is 1.62 bits per heavy atom. The molecule has 2 rings (SSSR count). The molecule has 2 saturated carbocycles. The highest BCUT2D eigenvalue weighted by Crippen LogP contribution is 2.53.